The fraction of sp³-hybridized carbons (Fsp3) is 0.737. The number of hydrogen-bond acceptors (Lipinski definition) is 2. The quantitative estimate of drug-likeness (QED) is 0.801. The molecule has 2 nitrogen and oxygen atoms in total. The van der Waals surface area contributed by atoms with Crippen LogP contribution in [0.4, 0.5) is 0 Å². The molecule has 2 heteroatoms. The maximum absolute atomic E-state index is 4.14. The van der Waals surface area contributed by atoms with Crippen LogP contribution in [0.2, 0.25) is 0 Å². The molecule has 0 aromatic carbocycles. The Morgan fingerprint density at radius 2 is 1.71 bits per heavy atom. The number of pyridine rings is 1. The molecular formula is C19H32N2. The second-order valence-electron chi connectivity index (χ2n) is 7.04. The largest absolute Gasteiger partial charge is 0.313 e. The van der Waals surface area contributed by atoms with Gasteiger partial charge >= 0.3 is 0 Å². The van der Waals surface area contributed by atoms with Crippen molar-refractivity contribution in [3.63, 3.8) is 0 Å². The minimum atomic E-state index is 0.639. The molecule has 0 spiro atoms. The van der Waals surface area contributed by atoms with E-state index >= 15 is 0 Å². The van der Waals surface area contributed by atoms with E-state index in [-0.39, 0.29) is 0 Å². The van der Waals surface area contributed by atoms with E-state index in [4.69, 9.17) is 0 Å². The molecule has 21 heavy (non-hydrogen) atoms. The summed E-state index contributed by atoms with van der Waals surface area (Å²) in [6.45, 7) is 8.16. The first kappa shape index (κ1) is 16.5. The van der Waals surface area contributed by atoms with Crippen LogP contribution in [0.25, 0.3) is 0 Å². The monoisotopic (exact) mass is 288 g/mol. The standard InChI is InChI=1S/C19H32N2/c1-4-11-21-19(14-16-9-12-20-13-10-16)18-7-5-17(6-8-18)15(2)3/h9-10,12-13,15,17-19,21H,4-8,11,14H2,1-3H3. The number of hydrogen-bond donors (Lipinski definition) is 1. The zero-order valence-corrected chi connectivity index (χ0v) is 14.0. The summed E-state index contributed by atoms with van der Waals surface area (Å²) >= 11 is 0. The van der Waals surface area contributed by atoms with Gasteiger partial charge in [-0.2, -0.15) is 0 Å². The zero-order chi connectivity index (χ0) is 15.1. The van der Waals surface area contributed by atoms with Crippen molar-refractivity contribution in [1.29, 1.82) is 0 Å². The summed E-state index contributed by atoms with van der Waals surface area (Å²) in [6.07, 6.45) is 11.8. The number of aromatic nitrogens is 1. The highest BCUT2D eigenvalue weighted by atomic mass is 14.9. The van der Waals surface area contributed by atoms with Gasteiger partial charge in [0.15, 0.2) is 0 Å². The van der Waals surface area contributed by atoms with Gasteiger partial charge in [-0.1, -0.05) is 20.8 Å². The third kappa shape index (κ3) is 5.10. The molecule has 1 fully saturated rings. The molecule has 1 unspecified atom stereocenters. The van der Waals surface area contributed by atoms with Crippen LogP contribution in [0.1, 0.15) is 58.4 Å². The summed E-state index contributed by atoms with van der Waals surface area (Å²) in [6, 6.07) is 4.97. The fourth-order valence-corrected chi connectivity index (χ4v) is 3.72. The van der Waals surface area contributed by atoms with Crippen molar-refractivity contribution in [3.8, 4) is 0 Å². The van der Waals surface area contributed by atoms with Crippen molar-refractivity contribution in [1.82, 2.24) is 10.3 Å². The van der Waals surface area contributed by atoms with Gasteiger partial charge in [-0.15, -0.1) is 0 Å². The van der Waals surface area contributed by atoms with Crippen molar-refractivity contribution in [2.75, 3.05) is 6.54 Å². The van der Waals surface area contributed by atoms with Crippen molar-refractivity contribution < 1.29 is 0 Å². The maximum Gasteiger partial charge on any atom is 0.0270 e. The van der Waals surface area contributed by atoms with Gasteiger partial charge in [0, 0.05) is 18.4 Å². The van der Waals surface area contributed by atoms with Crippen molar-refractivity contribution in [3.05, 3.63) is 30.1 Å². The third-order valence-corrected chi connectivity index (χ3v) is 5.19. The third-order valence-electron chi connectivity index (χ3n) is 5.19. The predicted octanol–water partition coefficient (Wildman–Crippen LogP) is 4.45. The Labute approximate surface area is 130 Å². The van der Waals surface area contributed by atoms with Gasteiger partial charge in [0.1, 0.15) is 0 Å². The van der Waals surface area contributed by atoms with E-state index < -0.39 is 0 Å². The van der Waals surface area contributed by atoms with Crippen LogP contribution in [0, 0.1) is 17.8 Å². The predicted molar refractivity (Wildman–Crippen MR) is 90.3 cm³/mol. The second-order valence-corrected chi connectivity index (χ2v) is 7.04. The molecule has 118 valence electrons. The van der Waals surface area contributed by atoms with Gasteiger partial charge in [-0.25, -0.2) is 0 Å². The molecule has 0 radical (unpaired) electrons. The lowest BCUT2D eigenvalue weighted by Gasteiger charge is -2.36. The molecule has 1 aromatic rings. The summed E-state index contributed by atoms with van der Waals surface area (Å²) in [5, 5.41) is 3.81. The van der Waals surface area contributed by atoms with E-state index in [0.29, 0.717) is 6.04 Å². The average Bonchev–Trinajstić information content (AvgIpc) is 2.52. The lowest BCUT2D eigenvalue weighted by Crippen LogP contribution is -2.40. The smallest absolute Gasteiger partial charge is 0.0270 e. The molecule has 1 heterocycles. The molecule has 0 bridgehead atoms. The van der Waals surface area contributed by atoms with E-state index in [9.17, 15) is 0 Å². The molecular weight excluding hydrogens is 256 g/mol. The number of nitrogens with one attached hydrogen (secondary N) is 1. The second kappa shape index (κ2) is 8.53. The molecule has 2 rings (SSSR count). The first-order valence-electron chi connectivity index (χ1n) is 8.83. The van der Waals surface area contributed by atoms with E-state index in [0.717, 1.165) is 30.7 Å². The molecule has 1 atom stereocenters. The van der Waals surface area contributed by atoms with Gasteiger partial charge in [0.25, 0.3) is 0 Å². The highest BCUT2D eigenvalue weighted by Crippen LogP contribution is 2.35. The topological polar surface area (TPSA) is 24.9 Å². The van der Waals surface area contributed by atoms with Crippen LogP contribution in [-0.4, -0.2) is 17.6 Å². The Bertz CT molecular complexity index is 380. The lowest BCUT2D eigenvalue weighted by atomic mass is 9.73. The number of nitrogens with zero attached hydrogens (tertiary/aromatic N) is 1. The maximum atomic E-state index is 4.14. The van der Waals surface area contributed by atoms with Crippen LogP contribution in [0.3, 0.4) is 0 Å². The Morgan fingerprint density at radius 1 is 1.10 bits per heavy atom. The van der Waals surface area contributed by atoms with Gasteiger partial charge < -0.3 is 5.32 Å². The molecule has 0 saturated heterocycles. The van der Waals surface area contributed by atoms with Crippen LogP contribution in [-0.2, 0) is 6.42 Å². The van der Waals surface area contributed by atoms with E-state index in [1.165, 1.54) is 37.7 Å². The Morgan fingerprint density at radius 3 is 2.29 bits per heavy atom. The summed E-state index contributed by atoms with van der Waals surface area (Å²) in [5.41, 5.74) is 1.42. The summed E-state index contributed by atoms with van der Waals surface area (Å²) in [5.74, 6) is 2.65. The van der Waals surface area contributed by atoms with Crippen LogP contribution >= 0.6 is 0 Å². The Hall–Kier alpha value is -0.890. The van der Waals surface area contributed by atoms with Gasteiger partial charge in [0.2, 0.25) is 0 Å². The van der Waals surface area contributed by atoms with E-state index in [2.05, 4.69) is 43.2 Å². The van der Waals surface area contributed by atoms with Crippen LogP contribution in [0.5, 0.6) is 0 Å². The van der Waals surface area contributed by atoms with Crippen molar-refractivity contribution in [2.24, 2.45) is 17.8 Å². The lowest BCUT2D eigenvalue weighted by molar-refractivity contribution is 0.187. The molecule has 1 aromatic heterocycles. The normalized spacial score (nSPS) is 24.2. The molecule has 1 saturated carbocycles. The minimum Gasteiger partial charge on any atom is -0.313 e. The number of rotatable bonds is 7. The van der Waals surface area contributed by atoms with Crippen molar-refractivity contribution in [2.45, 2.75) is 65.3 Å². The summed E-state index contributed by atoms with van der Waals surface area (Å²) in [7, 11) is 0. The molecule has 1 aliphatic rings. The molecule has 1 aliphatic carbocycles. The fourth-order valence-electron chi connectivity index (χ4n) is 3.72. The first-order valence-corrected chi connectivity index (χ1v) is 8.83. The zero-order valence-electron chi connectivity index (χ0n) is 14.0. The van der Waals surface area contributed by atoms with Crippen LogP contribution < -0.4 is 5.32 Å². The van der Waals surface area contributed by atoms with E-state index in [1.54, 1.807) is 0 Å². The van der Waals surface area contributed by atoms with Gasteiger partial charge in [-0.3, -0.25) is 4.98 Å². The molecule has 1 N–H and O–H groups in total. The first-order chi connectivity index (χ1) is 10.2. The van der Waals surface area contributed by atoms with E-state index in [1.807, 2.05) is 12.4 Å². The highest BCUT2D eigenvalue weighted by molar-refractivity contribution is 5.12. The summed E-state index contributed by atoms with van der Waals surface area (Å²) in [4.78, 5) is 4.14. The average molecular weight is 288 g/mol. The SMILES string of the molecule is CCCNC(Cc1ccncc1)C1CCC(C(C)C)CC1. The van der Waals surface area contributed by atoms with Crippen molar-refractivity contribution >= 4 is 0 Å². The molecule has 0 aliphatic heterocycles. The Kier molecular flexibility index (Phi) is 6.69. The Balaban J connectivity index is 1.93. The summed E-state index contributed by atoms with van der Waals surface area (Å²) < 4.78 is 0. The highest BCUT2D eigenvalue weighted by Gasteiger charge is 2.28. The van der Waals surface area contributed by atoms with Crippen LogP contribution in [0.15, 0.2) is 24.5 Å². The minimum absolute atomic E-state index is 0.639. The molecule has 0 amide bonds. The van der Waals surface area contributed by atoms with Gasteiger partial charge in [0.05, 0.1) is 0 Å². The van der Waals surface area contributed by atoms with Gasteiger partial charge in [-0.05, 0) is 80.5 Å².